The molecular weight excluding hydrogens is 290 g/mol. The summed E-state index contributed by atoms with van der Waals surface area (Å²) in [5, 5.41) is 21.8. The number of anilines is 1. The van der Waals surface area contributed by atoms with Gasteiger partial charge in [0, 0.05) is 31.4 Å². The van der Waals surface area contributed by atoms with Crippen molar-refractivity contribution < 1.29 is 5.11 Å². The van der Waals surface area contributed by atoms with Gasteiger partial charge in [0.1, 0.15) is 5.75 Å². The molecule has 0 unspecified atom stereocenters. The van der Waals surface area contributed by atoms with Gasteiger partial charge < -0.3 is 15.3 Å². The molecule has 0 spiro atoms. The normalized spacial score (nSPS) is 18.2. The second-order valence-corrected chi connectivity index (χ2v) is 6.12. The molecule has 1 atom stereocenters. The fraction of sp³-hybridized carbons (Fsp3) is 0.471. The number of hydrogen-bond acceptors (Lipinski definition) is 6. The van der Waals surface area contributed by atoms with Gasteiger partial charge in [0.05, 0.1) is 11.4 Å². The van der Waals surface area contributed by atoms with E-state index in [1.54, 1.807) is 6.07 Å². The number of aryl methyl sites for hydroxylation is 2. The highest BCUT2D eigenvalue weighted by Crippen LogP contribution is 2.19. The van der Waals surface area contributed by atoms with Crippen molar-refractivity contribution in [1.82, 2.24) is 20.5 Å². The minimum atomic E-state index is 0.250. The molecule has 122 valence electrons. The van der Waals surface area contributed by atoms with E-state index in [4.69, 9.17) is 0 Å². The van der Waals surface area contributed by atoms with Crippen molar-refractivity contribution in [2.45, 2.75) is 39.3 Å². The second-order valence-electron chi connectivity index (χ2n) is 6.12. The number of aromatic hydroxyl groups is 1. The first-order valence-corrected chi connectivity index (χ1v) is 8.06. The molecule has 1 aliphatic heterocycles. The number of aromatic nitrogens is 3. The van der Waals surface area contributed by atoms with Gasteiger partial charge in [-0.2, -0.15) is 5.10 Å². The Morgan fingerprint density at radius 1 is 1.17 bits per heavy atom. The summed E-state index contributed by atoms with van der Waals surface area (Å²) in [6.45, 7) is 6.35. The third-order valence-electron chi connectivity index (χ3n) is 4.18. The second kappa shape index (κ2) is 6.91. The molecule has 3 heterocycles. The van der Waals surface area contributed by atoms with Crippen molar-refractivity contribution in [3.63, 3.8) is 0 Å². The van der Waals surface area contributed by atoms with Crippen LogP contribution in [0.2, 0.25) is 0 Å². The Kier molecular flexibility index (Phi) is 4.71. The molecule has 23 heavy (non-hydrogen) atoms. The van der Waals surface area contributed by atoms with E-state index in [0.717, 1.165) is 43.1 Å². The van der Waals surface area contributed by atoms with Crippen LogP contribution in [0.25, 0.3) is 0 Å². The Bertz CT molecular complexity index is 659. The maximum Gasteiger partial charge on any atom is 0.151 e. The van der Waals surface area contributed by atoms with Gasteiger partial charge in [0.2, 0.25) is 0 Å². The van der Waals surface area contributed by atoms with E-state index >= 15 is 0 Å². The topological polar surface area (TPSA) is 74.2 Å². The molecule has 6 heteroatoms. The van der Waals surface area contributed by atoms with E-state index in [9.17, 15) is 5.11 Å². The molecule has 6 nitrogen and oxygen atoms in total. The molecule has 0 bridgehead atoms. The molecule has 2 N–H and O–H groups in total. The summed E-state index contributed by atoms with van der Waals surface area (Å²) >= 11 is 0. The minimum Gasteiger partial charge on any atom is -0.506 e. The molecule has 0 amide bonds. The largest absolute Gasteiger partial charge is 0.506 e. The average molecular weight is 313 g/mol. The fourth-order valence-electron chi connectivity index (χ4n) is 2.89. The number of nitrogens with zero attached hydrogens (tertiary/aromatic N) is 4. The molecule has 2 aromatic heterocycles. The van der Waals surface area contributed by atoms with Gasteiger partial charge in [0.15, 0.2) is 5.82 Å². The van der Waals surface area contributed by atoms with Gasteiger partial charge in [-0.15, -0.1) is 5.10 Å². The lowest BCUT2D eigenvalue weighted by Crippen LogP contribution is -2.46. The van der Waals surface area contributed by atoms with E-state index in [1.165, 1.54) is 0 Å². The average Bonchev–Trinajstić information content (AvgIpc) is 2.57. The van der Waals surface area contributed by atoms with Crippen molar-refractivity contribution in [3.05, 3.63) is 41.3 Å². The van der Waals surface area contributed by atoms with Crippen LogP contribution >= 0.6 is 0 Å². The minimum absolute atomic E-state index is 0.250. The summed E-state index contributed by atoms with van der Waals surface area (Å²) in [5.74, 6) is 1.18. The first-order valence-electron chi connectivity index (χ1n) is 8.06. The number of rotatable bonds is 4. The van der Waals surface area contributed by atoms with Crippen LogP contribution in [0.15, 0.2) is 24.3 Å². The third kappa shape index (κ3) is 3.96. The zero-order valence-corrected chi connectivity index (χ0v) is 13.7. The molecule has 1 fully saturated rings. The number of piperidine rings is 1. The standard InChI is InChI=1S/C17H23N5O/c1-12-5-7-16(23)15(19-12)10-18-14-4-3-9-22(11-14)17-8-6-13(2)20-21-17/h5-8,14,18,23H,3-4,9-11H2,1-2H3/t14-/m0/s1. The van der Waals surface area contributed by atoms with E-state index in [1.807, 2.05) is 32.0 Å². The zero-order valence-electron chi connectivity index (χ0n) is 13.7. The first-order chi connectivity index (χ1) is 11.1. The predicted octanol–water partition coefficient (Wildman–Crippen LogP) is 1.95. The summed E-state index contributed by atoms with van der Waals surface area (Å²) in [7, 11) is 0. The zero-order chi connectivity index (χ0) is 16.2. The highest BCUT2D eigenvalue weighted by atomic mass is 16.3. The van der Waals surface area contributed by atoms with E-state index in [0.29, 0.717) is 18.3 Å². The summed E-state index contributed by atoms with van der Waals surface area (Å²) < 4.78 is 0. The van der Waals surface area contributed by atoms with E-state index in [2.05, 4.69) is 25.4 Å². The lowest BCUT2D eigenvalue weighted by molar-refractivity contribution is 0.407. The van der Waals surface area contributed by atoms with Gasteiger partial charge in [-0.25, -0.2) is 0 Å². The highest BCUT2D eigenvalue weighted by Gasteiger charge is 2.21. The quantitative estimate of drug-likeness (QED) is 0.899. The molecule has 2 aromatic rings. The maximum atomic E-state index is 9.89. The van der Waals surface area contributed by atoms with Crippen molar-refractivity contribution >= 4 is 5.82 Å². The lowest BCUT2D eigenvalue weighted by Gasteiger charge is -2.33. The predicted molar refractivity (Wildman–Crippen MR) is 89.5 cm³/mol. The fourth-order valence-corrected chi connectivity index (χ4v) is 2.89. The van der Waals surface area contributed by atoms with Gasteiger partial charge in [0.25, 0.3) is 0 Å². The first kappa shape index (κ1) is 15.7. The van der Waals surface area contributed by atoms with E-state index < -0.39 is 0 Å². The number of pyridine rings is 1. The van der Waals surface area contributed by atoms with Gasteiger partial charge in [-0.3, -0.25) is 4.98 Å². The van der Waals surface area contributed by atoms with Crippen molar-refractivity contribution in [2.24, 2.45) is 0 Å². The Morgan fingerprint density at radius 2 is 2.00 bits per heavy atom. The molecule has 0 saturated carbocycles. The summed E-state index contributed by atoms with van der Waals surface area (Å²) in [6, 6.07) is 7.90. The molecule has 3 rings (SSSR count). The van der Waals surface area contributed by atoms with Crippen molar-refractivity contribution in [2.75, 3.05) is 18.0 Å². The lowest BCUT2D eigenvalue weighted by atomic mass is 10.1. The Labute approximate surface area is 136 Å². The smallest absolute Gasteiger partial charge is 0.151 e. The Morgan fingerprint density at radius 3 is 2.78 bits per heavy atom. The summed E-state index contributed by atoms with van der Waals surface area (Å²) in [5.41, 5.74) is 2.55. The summed E-state index contributed by atoms with van der Waals surface area (Å²) in [6.07, 6.45) is 2.23. The van der Waals surface area contributed by atoms with Crippen LogP contribution in [-0.4, -0.2) is 39.4 Å². The van der Waals surface area contributed by atoms with Crippen LogP contribution in [0, 0.1) is 13.8 Å². The molecule has 0 aromatic carbocycles. The molecule has 0 radical (unpaired) electrons. The highest BCUT2D eigenvalue weighted by molar-refractivity contribution is 5.38. The van der Waals surface area contributed by atoms with Gasteiger partial charge >= 0.3 is 0 Å². The van der Waals surface area contributed by atoms with Gasteiger partial charge in [-0.05, 0) is 51.0 Å². The van der Waals surface area contributed by atoms with Crippen LogP contribution in [0.5, 0.6) is 5.75 Å². The molecule has 0 aliphatic carbocycles. The third-order valence-corrected chi connectivity index (χ3v) is 4.18. The van der Waals surface area contributed by atoms with Crippen molar-refractivity contribution in [1.29, 1.82) is 0 Å². The maximum absolute atomic E-state index is 9.89. The number of hydrogen-bond donors (Lipinski definition) is 2. The number of nitrogens with one attached hydrogen (secondary N) is 1. The van der Waals surface area contributed by atoms with E-state index in [-0.39, 0.29) is 5.75 Å². The van der Waals surface area contributed by atoms with Crippen molar-refractivity contribution in [3.8, 4) is 5.75 Å². The van der Waals surface area contributed by atoms with Crippen LogP contribution in [0.3, 0.4) is 0 Å². The Hall–Kier alpha value is -2.21. The Balaban J connectivity index is 1.60. The van der Waals surface area contributed by atoms with Gasteiger partial charge in [-0.1, -0.05) is 0 Å². The SMILES string of the molecule is Cc1ccc(N2CCC[C@H](NCc3nc(C)ccc3O)C2)nn1. The summed E-state index contributed by atoms with van der Waals surface area (Å²) in [4.78, 5) is 6.66. The molecule has 1 aliphatic rings. The molecule has 1 saturated heterocycles. The van der Waals surface area contributed by atoms with Crippen LogP contribution in [-0.2, 0) is 6.54 Å². The van der Waals surface area contributed by atoms with Crippen LogP contribution in [0.4, 0.5) is 5.82 Å². The molecular formula is C17H23N5O. The monoisotopic (exact) mass is 313 g/mol. The van der Waals surface area contributed by atoms with Crippen LogP contribution in [0.1, 0.15) is 29.9 Å². The van der Waals surface area contributed by atoms with Crippen LogP contribution < -0.4 is 10.2 Å².